The lowest BCUT2D eigenvalue weighted by atomic mass is 10.2. The number of aliphatic hydroxyl groups excluding tert-OH is 1. The molecule has 220 valence electrons. The van der Waals surface area contributed by atoms with Crippen LogP contribution in [0.15, 0.2) is 69.0 Å². The van der Waals surface area contributed by atoms with E-state index in [0.717, 1.165) is 42.5 Å². The van der Waals surface area contributed by atoms with Gasteiger partial charge < -0.3 is 40.5 Å². The van der Waals surface area contributed by atoms with Crippen molar-refractivity contribution in [2.24, 2.45) is 0 Å². The van der Waals surface area contributed by atoms with Crippen molar-refractivity contribution >= 4 is 5.97 Å². The lowest BCUT2D eigenvalue weighted by molar-refractivity contribution is 0.0208. The van der Waals surface area contributed by atoms with Crippen LogP contribution in [0, 0.1) is 0 Å². The molecule has 0 spiro atoms. The minimum Gasteiger partial charge on any atom is -0.504 e. The molecule has 1 aromatic heterocycles. The number of aliphatic hydroxyl groups is 1. The van der Waals surface area contributed by atoms with Gasteiger partial charge in [-0.15, -0.1) is 0 Å². The van der Waals surface area contributed by atoms with Crippen molar-refractivity contribution in [1.82, 2.24) is 13.7 Å². The Morgan fingerprint density at radius 1 is 0.619 bits per heavy atom. The number of nitrogens with zero attached hydrogens (tertiary/aromatic N) is 3. The smallest absolute Gasteiger partial charge is 0.338 e. The van der Waals surface area contributed by atoms with E-state index >= 15 is 0 Å². The van der Waals surface area contributed by atoms with Gasteiger partial charge in [0.1, 0.15) is 12.7 Å². The van der Waals surface area contributed by atoms with Crippen molar-refractivity contribution in [1.29, 1.82) is 0 Å². The second-order valence-electron chi connectivity index (χ2n) is 9.23. The van der Waals surface area contributed by atoms with Gasteiger partial charge in [-0.05, 0) is 53.6 Å². The van der Waals surface area contributed by atoms with Crippen LogP contribution in [0.5, 0.6) is 34.5 Å². The minimum absolute atomic E-state index is 0.153. The average molecular weight is 584 g/mol. The van der Waals surface area contributed by atoms with Crippen LogP contribution in [0.25, 0.3) is 0 Å². The molecular weight excluding hydrogens is 558 g/mol. The standard InChI is InChI=1S/C27H25N3O12/c31-17(13-42-24(38)16-3-6-20(34)23(37)9-16)12-30-26(40)28(10-14-1-4-18(32)21(35)7-14)25(39)29(27(30)41)11-15-2-5-19(33)22(36)8-15/h1-9,17,31-37H,10-13H2. The second kappa shape index (κ2) is 11.8. The molecule has 0 saturated heterocycles. The molecule has 0 amide bonds. The first-order valence-corrected chi connectivity index (χ1v) is 12.2. The molecule has 0 radical (unpaired) electrons. The number of ether oxygens (including phenoxy) is 1. The molecule has 0 saturated carbocycles. The predicted octanol–water partition coefficient (Wildman–Crippen LogP) is -0.280. The molecule has 1 heterocycles. The Balaban J connectivity index is 1.68. The van der Waals surface area contributed by atoms with Gasteiger partial charge in [-0.25, -0.2) is 32.9 Å². The number of rotatable bonds is 9. The Kier molecular flexibility index (Phi) is 8.24. The van der Waals surface area contributed by atoms with E-state index < -0.39 is 89.9 Å². The fourth-order valence-electron chi connectivity index (χ4n) is 3.98. The van der Waals surface area contributed by atoms with Gasteiger partial charge in [0.2, 0.25) is 0 Å². The van der Waals surface area contributed by atoms with Crippen molar-refractivity contribution in [3.63, 3.8) is 0 Å². The van der Waals surface area contributed by atoms with Crippen LogP contribution in [-0.4, -0.2) is 68.1 Å². The third kappa shape index (κ3) is 6.20. The maximum Gasteiger partial charge on any atom is 0.338 e. The van der Waals surface area contributed by atoms with E-state index in [0.29, 0.717) is 13.7 Å². The molecule has 0 bridgehead atoms. The summed E-state index contributed by atoms with van der Waals surface area (Å²) in [4.78, 5) is 52.2. The number of phenols is 6. The second-order valence-corrected chi connectivity index (χ2v) is 9.23. The number of benzene rings is 3. The molecule has 0 aliphatic carbocycles. The number of aromatic nitrogens is 3. The molecule has 1 unspecified atom stereocenters. The Bertz CT molecular complexity index is 1750. The van der Waals surface area contributed by atoms with E-state index in [4.69, 9.17) is 4.74 Å². The first-order valence-electron chi connectivity index (χ1n) is 12.2. The fourth-order valence-corrected chi connectivity index (χ4v) is 3.98. The summed E-state index contributed by atoms with van der Waals surface area (Å²) in [7, 11) is 0. The third-order valence-corrected chi connectivity index (χ3v) is 6.16. The zero-order chi connectivity index (χ0) is 30.7. The van der Waals surface area contributed by atoms with Gasteiger partial charge in [-0.2, -0.15) is 0 Å². The number of aromatic hydroxyl groups is 6. The molecular formula is C27H25N3O12. The van der Waals surface area contributed by atoms with Crippen molar-refractivity contribution in [2.75, 3.05) is 6.61 Å². The van der Waals surface area contributed by atoms with Crippen LogP contribution >= 0.6 is 0 Å². The highest BCUT2D eigenvalue weighted by Gasteiger charge is 2.21. The van der Waals surface area contributed by atoms with Crippen LogP contribution in [0.1, 0.15) is 21.5 Å². The van der Waals surface area contributed by atoms with Crippen LogP contribution in [0.2, 0.25) is 0 Å². The number of carbonyl (C=O) groups is 1. The molecule has 42 heavy (non-hydrogen) atoms. The monoisotopic (exact) mass is 583 g/mol. The highest BCUT2D eigenvalue weighted by molar-refractivity contribution is 5.90. The van der Waals surface area contributed by atoms with E-state index in [2.05, 4.69) is 0 Å². The normalized spacial score (nSPS) is 11.7. The summed E-state index contributed by atoms with van der Waals surface area (Å²) in [6.07, 6.45) is -1.63. The molecule has 4 aromatic rings. The molecule has 7 N–H and O–H groups in total. The first kappa shape index (κ1) is 29.3. The summed E-state index contributed by atoms with van der Waals surface area (Å²) in [5.74, 6) is -3.97. The molecule has 15 nitrogen and oxygen atoms in total. The minimum atomic E-state index is -1.63. The number of hydrogen-bond acceptors (Lipinski definition) is 12. The predicted molar refractivity (Wildman–Crippen MR) is 143 cm³/mol. The van der Waals surface area contributed by atoms with E-state index in [1.165, 1.54) is 12.1 Å². The van der Waals surface area contributed by atoms with Gasteiger partial charge in [0, 0.05) is 0 Å². The molecule has 0 aliphatic heterocycles. The van der Waals surface area contributed by atoms with Gasteiger partial charge in [-0.1, -0.05) is 12.1 Å². The Labute approximate surface area is 234 Å². The van der Waals surface area contributed by atoms with Crippen molar-refractivity contribution < 1.29 is 45.3 Å². The quantitative estimate of drug-likeness (QED) is 0.0996. The molecule has 0 aliphatic rings. The maximum absolute atomic E-state index is 13.3. The van der Waals surface area contributed by atoms with E-state index in [-0.39, 0.29) is 16.7 Å². The van der Waals surface area contributed by atoms with Crippen molar-refractivity contribution in [3.8, 4) is 34.5 Å². The van der Waals surface area contributed by atoms with Crippen LogP contribution in [0.4, 0.5) is 0 Å². The lowest BCUT2D eigenvalue weighted by Gasteiger charge is -2.17. The van der Waals surface area contributed by atoms with Gasteiger partial charge in [-0.3, -0.25) is 0 Å². The summed E-state index contributed by atoms with van der Waals surface area (Å²) < 4.78 is 6.81. The van der Waals surface area contributed by atoms with Gasteiger partial charge in [0.25, 0.3) is 0 Å². The summed E-state index contributed by atoms with van der Waals surface area (Å²) in [6.45, 7) is -2.35. The van der Waals surface area contributed by atoms with Gasteiger partial charge in [0.05, 0.1) is 25.2 Å². The Morgan fingerprint density at radius 2 is 1.05 bits per heavy atom. The fraction of sp³-hybridized carbons (Fsp3) is 0.185. The molecule has 1 atom stereocenters. The molecule has 4 rings (SSSR count). The Morgan fingerprint density at radius 3 is 1.50 bits per heavy atom. The highest BCUT2D eigenvalue weighted by atomic mass is 16.5. The largest absolute Gasteiger partial charge is 0.504 e. The Hall–Kier alpha value is -5.70. The average Bonchev–Trinajstić information content (AvgIpc) is 2.95. The number of phenolic OH excluding ortho intramolecular Hbond substituents is 6. The maximum atomic E-state index is 13.3. The number of hydrogen-bond donors (Lipinski definition) is 7. The third-order valence-electron chi connectivity index (χ3n) is 6.16. The lowest BCUT2D eigenvalue weighted by Crippen LogP contribution is -2.55. The van der Waals surface area contributed by atoms with Crippen LogP contribution < -0.4 is 17.1 Å². The molecule has 15 heteroatoms. The zero-order valence-electron chi connectivity index (χ0n) is 21.6. The summed E-state index contributed by atoms with van der Waals surface area (Å²) in [5.41, 5.74) is -3.10. The van der Waals surface area contributed by atoms with E-state index in [1.807, 2.05) is 0 Å². The van der Waals surface area contributed by atoms with Crippen molar-refractivity contribution in [2.45, 2.75) is 25.7 Å². The highest BCUT2D eigenvalue weighted by Crippen LogP contribution is 2.26. The van der Waals surface area contributed by atoms with E-state index in [9.17, 15) is 54.9 Å². The SMILES string of the molecule is O=C(OCC(O)Cn1c(=O)n(Cc2ccc(O)c(O)c2)c(=O)n(Cc2ccc(O)c(O)c2)c1=O)c1ccc(O)c(O)c1. The summed E-state index contributed by atoms with van der Waals surface area (Å²) >= 11 is 0. The van der Waals surface area contributed by atoms with E-state index in [1.54, 1.807) is 0 Å². The van der Waals surface area contributed by atoms with Crippen LogP contribution in [-0.2, 0) is 24.4 Å². The molecule has 3 aromatic carbocycles. The summed E-state index contributed by atoms with van der Waals surface area (Å²) in [5, 5.41) is 68.3. The number of esters is 1. The van der Waals surface area contributed by atoms with Crippen LogP contribution in [0.3, 0.4) is 0 Å². The first-order chi connectivity index (χ1) is 19.8. The molecule has 0 fully saturated rings. The van der Waals surface area contributed by atoms with Crippen molar-refractivity contribution in [3.05, 3.63) is 103 Å². The zero-order valence-corrected chi connectivity index (χ0v) is 21.6. The van der Waals surface area contributed by atoms with Gasteiger partial charge in [0.15, 0.2) is 34.5 Å². The van der Waals surface area contributed by atoms with Gasteiger partial charge >= 0.3 is 23.0 Å². The summed E-state index contributed by atoms with van der Waals surface area (Å²) in [6, 6.07) is 10.3. The topological polar surface area (TPSA) is 234 Å². The number of carbonyl (C=O) groups excluding carboxylic acids is 1.